The highest BCUT2D eigenvalue weighted by atomic mass is 19.4. The second-order valence-electron chi connectivity index (χ2n) is 11.7. The summed E-state index contributed by atoms with van der Waals surface area (Å²) in [6.45, 7) is 1.94. The molecule has 1 aliphatic rings. The lowest BCUT2D eigenvalue weighted by atomic mass is 9.96. The van der Waals surface area contributed by atoms with Crippen molar-refractivity contribution < 1.29 is 41.1 Å². The number of nitrogens with zero attached hydrogens (tertiary/aromatic N) is 2. The molecular weight excluding hydrogens is 646 g/mol. The van der Waals surface area contributed by atoms with Crippen molar-refractivity contribution in [1.29, 1.82) is 0 Å². The number of aromatic nitrogens is 1. The van der Waals surface area contributed by atoms with Gasteiger partial charge in [-0.3, -0.25) is 15.0 Å². The van der Waals surface area contributed by atoms with E-state index in [1.54, 1.807) is 36.4 Å². The van der Waals surface area contributed by atoms with Crippen LogP contribution in [0.15, 0.2) is 77.2 Å². The number of rotatable bonds is 11. The van der Waals surface area contributed by atoms with E-state index in [4.69, 9.17) is 9.15 Å². The summed E-state index contributed by atoms with van der Waals surface area (Å²) in [7, 11) is 0. The first-order valence-electron chi connectivity index (χ1n) is 15.6. The third kappa shape index (κ3) is 10.2. The molecule has 1 aliphatic heterocycles. The summed E-state index contributed by atoms with van der Waals surface area (Å²) < 4.78 is 62.4. The fraction of sp³-hybridized carbons (Fsp3) is 0.314. The second kappa shape index (κ2) is 15.9. The van der Waals surface area contributed by atoms with E-state index in [0.717, 1.165) is 44.5 Å². The van der Waals surface area contributed by atoms with E-state index in [2.05, 4.69) is 26.1 Å². The molecule has 10 nitrogen and oxygen atoms in total. The third-order valence-electron chi connectivity index (χ3n) is 8.03. The number of hydrazine groups is 1. The summed E-state index contributed by atoms with van der Waals surface area (Å²) in [5.74, 6) is -0.359. The largest absolute Gasteiger partial charge is 0.440 e. The third-order valence-corrected chi connectivity index (χ3v) is 8.03. The molecule has 0 atom stereocenters. The molecule has 2 heterocycles. The number of carbonyl (C=O) groups excluding carboxylic acids is 3. The van der Waals surface area contributed by atoms with Gasteiger partial charge >= 0.3 is 12.2 Å². The molecule has 5 rings (SSSR count). The summed E-state index contributed by atoms with van der Waals surface area (Å²) in [5, 5.41) is 2.57. The highest BCUT2D eigenvalue weighted by Crippen LogP contribution is 2.34. The molecule has 3 N–H and O–H groups in total. The van der Waals surface area contributed by atoms with Crippen LogP contribution in [0.25, 0.3) is 11.3 Å². The van der Waals surface area contributed by atoms with Crippen molar-refractivity contribution in [2.75, 3.05) is 31.6 Å². The van der Waals surface area contributed by atoms with Crippen LogP contribution in [0.5, 0.6) is 0 Å². The molecular formula is C35H35F4N5O5. The number of hydrogen-bond acceptors (Lipinski definition) is 7. The zero-order valence-corrected chi connectivity index (χ0v) is 26.6. The van der Waals surface area contributed by atoms with E-state index in [-0.39, 0.29) is 29.8 Å². The topological polar surface area (TPSA) is 126 Å². The molecule has 1 saturated heterocycles. The van der Waals surface area contributed by atoms with Crippen molar-refractivity contribution in [1.82, 2.24) is 20.7 Å². The smallest absolute Gasteiger partial charge is 0.411 e. The normalized spacial score (nSPS) is 14.0. The summed E-state index contributed by atoms with van der Waals surface area (Å²) in [5.41, 5.74) is 7.77. The van der Waals surface area contributed by atoms with E-state index < -0.39 is 30.5 Å². The van der Waals surface area contributed by atoms with Crippen molar-refractivity contribution in [3.63, 3.8) is 0 Å². The number of urea groups is 1. The number of ketones is 1. The van der Waals surface area contributed by atoms with Crippen LogP contribution in [0.1, 0.15) is 63.5 Å². The molecule has 0 aliphatic carbocycles. The maximum absolute atomic E-state index is 13.5. The number of ether oxygens (including phenoxy) is 1. The number of nitrogens with one attached hydrogen (secondary N) is 3. The molecule has 0 radical (unpaired) electrons. The van der Waals surface area contributed by atoms with Crippen LogP contribution < -0.4 is 16.2 Å². The highest BCUT2D eigenvalue weighted by molar-refractivity contribution is 5.98. The first kappa shape index (κ1) is 35.2. The van der Waals surface area contributed by atoms with Gasteiger partial charge in [-0.1, -0.05) is 12.1 Å². The Hall–Kier alpha value is -5.08. The maximum atomic E-state index is 13.5. The number of piperidine rings is 1. The fourth-order valence-corrected chi connectivity index (χ4v) is 5.38. The Morgan fingerprint density at radius 3 is 2.20 bits per heavy atom. The predicted octanol–water partition coefficient (Wildman–Crippen LogP) is 6.65. The Kier molecular flexibility index (Phi) is 11.4. The van der Waals surface area contributed by atoms with Crippen molar-refractivity contribution in [3.8, 4) is 11.3 Å². The molecule has 0 saturated carbocycles. The summed E-state index contributed by atoms with van der Waals surface area (Å²) >= 11 is 0. The Morgan fingerprint density at radius 1 is 0.918 bits per heavy atom. The molecule has 49 heavy (non-hydrogen) atoms. The second-order valence-corrected chi connectivity index (χ2v) is 11.7. The van der Waals surface area contributed by atoms with Crippen LogP contribution in [0.3, 0.4) is 0 Å². The lowest BCUT2D eigenvalue weighted by Gasteiger charge is -2.30. The summed E-state index contributed by atoms with van der Waals surface area (Å²) in [4.78, 5) is 42.8. The minimum atomic E-state index is -4.47. The first-order valence-corrected chi connectivity index (χ1v) is 15.6. The van der Waals surface area contributed by atoms with Crippen LogP contribution in [-0.4, -0.2) is 60.0 Å². The van der Waals surface area contributed by atoms with Crippen molar-refractivity contribution in [2.24, 2.45) is 0 Å². The molecule has 4 aromatic rings. The van der Waals surface area contributed by atoms with Gasteiger partial charge in [-0.15, -0.1) is 0 Å². The van der Waals surface area contributed by atoms with Crippen molar-refractivity contribution in [3.05, 3.63) is 107 Å². The number of anilines is 1. The number of likely N-dealkylation sites (tertiary alicyclic amines) is 1. The van der Waals surface area contributed by atoms with Crippen LogP contribution >= 0.6 is 0 Å². The predicted molar refractivity (Wildman–Crippen MR) is 172 cm³/mol. The van der Waals surface area contributed by atoms with Gasteiger partial charge in [0.15, 0.2) is 17.4 Å². The average molecular weight is 682 g/mol. The van der Waals surface area contributed by atoms with Gasteiger partial charge in [-0.25, -0.2) is 19.6 Å². The van der Waals surface area contributed by atoms with Gasteiger partial charge in [0.1, 0.15) is 18.1 Å². The number of oxazole rings is 1. The van der Waals surface area contributed by atoms with Gasteiger partial charge in [0, 0.05) is 34.8 Å². The lowest BCUT2D eigenvalue weighted by Crippen LogP contribution is -2.43. The molecule has 1 aromatic heterocycles. The monoisotopic (exact) mass is 681 g/mol. The quantitative estimate of drug-likeness (QED) is 0.0920. The van der Waals surface area contributed by atoms with Gasteiger partial charge in [0.25, 0.3) is 5.91 Å². The molecule has 0 bridgehead atoms. The standard InChI is InChI=1S/C35H35F4N5O5/c1-22(45)24-8-12-29(13-9-24)40-34(47)43-42-32(46)26-4-2-23(3-5-26)14-17-44-18-15-27(16-19-44)33-41-30(20-48-21-35(37,38)39)31(49-33)25-6-10-28(36)11-7-25/h2-13,27H,14-21H2,1H3,(H,42,46)(H2,40,43,47). The van der Waals surface area contributed by atoms with Crippen molar-refractivity contribution in [2.45, 2.75) is 44.9 Å². The Morgan fingerprint density at radius 2 is 1.57 bits per heavy atom. The Labute approximate surface area is 279 Å². The van der Waals surface area contributed by atoms with E-state index in [0.29, 0.717) is 28.3 Å². The number of carbonyl (C=O) groups is 3. The zero-order valence-electron chi connectivity index (χ0n) is 26.6. The lowest BCUT2D eigenvalue weighted by molar-refractivity contribution is -0.176. The van der Waals surface area contributed by atoms with Gasteiger partial charge in [-0.05, 0) is 106 Å². The molecule has 1 fully saturated rings. The molecule has 0 unspecified atom stereocenters. The number of Topliss-reactive ketones (excluding diaryl/α,β-unsaturated/α-hetero) is 1. The SMILES string of the molecule is CC(=O)c1ccc(NC(=O)NNC(=O)c2ccc(CCN3CCC(c4nc(COCC(F)(F)F)c(-c5ccc(F)cc5)o4)CC3)cc2)cc1. The van der Waals surface area contributed by atoms with Crippen molar-refractivity contribution >= 4 is 23.4 Å². The maximum Gasteiger partial charge on any atom is 0.411 e. The number of amides is 3. The molecule has 258 valence electrons. The van der Waals surface area contributed by atoms with E-state index in [9.17, 15) is 31.9 Å². The Bertz CT molecular complexity index is 1730. The summed E-state index contributed by atoms with van der Waals surface area (Å²) in [6, 6.07) is 18.2. The number of benzene rings is 3. The zero-order chi connectivity index (χ0) is 35.0. The molecule has 14 heteroatoms. The summed E-state index contributed by atoms with van der Waals surface area (Å²) in [6.07, 6.45) is -2.27. The molecule has 3 amide bonds. The first-order chi connectivity index (χ1) is 23.4. The minimum Gasteiger partial charge on any atom is -0.440 e. The van der Waals surface area contributed by atoms with Gasteiger partial charge in [0.05, 0.1) is 6.61 Å². The van der Waals surface area contributed by atoms with Crippen LogP contribution in [0.2, 0.25) is 0 Å². The minimum absolute atomic E-state index is 0.0346. The Balaban J connectivity index is 1.07. The van der Waals surface area contributed by atoms with Gasteiger partial charge in [0.2, 0.25) is 0 Å². The highest BCUT2D eigenvalue weighted by Gasteiger charge is 2.30. The van der Waals surface area contributed by atoms with E-state index in [1.807, 2.05) is 12.1 Å². The van der Waals surface area contributed by atoms with Gasteiger partial charge < -0.3 is 19.4 Å². The van der Waals surface area contributed by atoms with E-state index >= 15 is 0 Å². The fourth-order valence-electron chi connectivity index (χ4n) is 5.38. The number of hydrogen-bond donors (Lipinski definition) is 3. The number of halogens is 4. The van der Waals surface area contributed by atoms with Crippen LogP contribution in [0.4, 0.5) is 28.0 Å². The molecule has 3 aromatic carbocycles. The molecule has 0 spiro atoms. The van der Waals surface area contributed by atoms with Crippen LogP contribution in [0, 0.1) is 5.82 Å². The van der Waals surface area contributed by atoms with E-state index in [1.165, 1.54) is 31.2 Å². The van der Waals surface area contributed by atoms with Crippen LogP contribution in [-0.2, 0) is 17.8 Å². The van der Waals surface area contributed by atoms with Gasteiger partial charge in [-0.2, -0.15) is 13.2 Å². The number of alkyl halides is 3. The average Bonchev–Trinajstić information content (AvgIpc) is 3.50.